The van der Waals surface area contributed by atoms with E-state index in [1.54, 1.807) is 0 Å². The Hall–Kier alpha value is -1.11. The number of aliphatic imine (C=N–C) groups is 1. The minimum absolute atomic E-state index is 0.580. The van der Waals surface area contributed by atoms with Gasteiger partial charge in [-0.1, -0.05) is 50.1 Å². The molecule has 0 amide bonds. The van der Waals surface area contributed by atoms with Crippen LogP contribution in [0.3, 0.4) is 0 Å². The van der Waals surface area contributed by atoms with Crippen molar-refractivity contribution < 1.29 is 0 Å². The van der Waals surface area contributed by atoms with Crippen LogP contribution in [0, 0.1) is 5.92 Å². The highest BCUT2D eigenvalue weighted by molar-refractivity contribution is 5.79. The predicted molar refractivity (Wildman–Crippen MR) is 70.1 cm³/mol. The molecule has 1 aliphatic carbocycles. The Morgan fingerprint density at radius 1 is 1.25 bits per heavy atom. The van der Waals surface area contributed by atoms with E-state index in [-0.39, 0.29) is 0 Å². The molecule has 2 unspecified atom stereocenters. The van der Waals surface area contributed by atoms with E-state index in [0.717, 1.165) is 5.92 Å². The van der Waals surface area contributed by atoms with Gasteiger partial charge in [0.25, 0.3) is 0 Å². The second kappa shape index (κ2) is 5.83. The Morgan fingerprint density at radius 3 is 2.81 bits per heavy atom. The molecule has 0 aliphatic heterocycles. The summed E-state index contributed by atoms with van der Waals surface area (Å²) in [5, 5.41) is 0. The summed E-state index contributed by atoms with van der Waals surface area (Å²) in [5.41, 5.74) is 1.22. The molecule has 16 heavy (non-hydrogen) atoms. The van der Waals surface area contributed by atoms with Crippen molar-refractivity contribution in [3.05, 3.63) is 35.9 Å². The summed E-state index contributed by atoms with van der Waals surface area (Å²) in [5.74, 6) is 0.933. The van der Waals surface area contributed by atoms with Gasteiger partial charge in [0.05, 0.1) is 6.04 Å². The molecule has 1 heteroatoms. The zero-order valence-electron chi connectivity index (χ0n) is 10.1. The average molecular weight is 215 g/mol. The van der Waals surface area contributed by atoms with E-state index in [1.807, 2.05) is 12.3 Å². The van der Waals surface area contributed by atoms with Crippen molar-refractivity contribution in [1.29, 1.82) is 0 Å². The van der Waals surface area contributed by atoms with Crippen molar-refractivity contribution >= 4 is 6.21 Å². The van der Waals surface area contributed by atoms with Crippen molar-refractivity contribution in [1.82, 2.24) is 0 Å². The van der Waals surface area contributed by atoms with Crippen LogP contribution >= 0.6 is 0 Å². The highest BCUT2D eigenvalue weighted by atomic mass is 14.8. The fourth-order valence-electron chi connectivity index (χ4n) is 2.58. The number of nitrogens with zero attached hydrogens (tertiary/aromatic N) is 1. The van der Waals surface area contributed by atoms with Gasteiger partial charge in [-0.3, -0.25) is 4.99 Å². The first-order valence-corrected chi connectivity index (χ1v) is 6.46. The maximum absolute atomic E-state index is 4.70. The quantitative estimate of drug-likeness (QED) is 0.671. The lowest BCUT2D eigenvalue weighted by atomic mass is 10.0. The lowest BCUT2D eigenvalue weighted by molar-refractivity contribution is 0.489. The standard InChI is InChI=1S/C15H21N/c1-2-6-13-9-10-15(11-13)16-12-14-7-4-3-5-8-14/h3-5,7-8,12-13,15H,2,6,9-11H2,1H3. The number of hydrogen-bond donors (Lipinski definition) is 0. The maximum Gasteiger partial charge on any atom is 0.0502 e. The van der Waals surface area contributed by atoms with E-state index in [4.69, 9.17) is 4.99 Å². The zero-order chi connectivity index (χ0) is 11.2. The molecule has 0 heterocycles. The van der Waals surface area contributed by atoms with Gasteiger partial charge >= 0.3 is 0 Å². The number of benzene rings is 1. The zero-order valence-corrected chi connectivity index (χ0v) is 10.1. The summed E-state index contributed by atoms with van der Waals surface area (Å²) in [6.07, 6.45) is 8.71. The molecule has 1 nitrogen and oxygen atoms in total. The fourth-order valence-corrected chi connectivity index (χ4v) is 2.58. The van der Waals surface area contributed by atoms with Crippen molar-refractivity contribution in [3.8, 4) is 0 Å². The molecule has 0 N–H and O–H groups in total. The summed E-state index contributed by atoms with van der Waals surface area (Å²) in [4.78, 5) is 4.70. The lowest BCUT2D eigenvalue weighted by Crippen LogP contribution is -1.99. The van der Waals surface area contributed by atoms with Gasteiger partial charge < -0.3 is 0 Å². The van der Waals surface area contributed by atoms with Gasteiger partial charge in [-0.15, -0.1) is 0 Å². The van der Waals surface area contributed by atoms with Gasteiger partial charge in [-0.05, 0) is 30.7 Å². The molecule has 86 valence electrons. The Bertz CT molecular complexity index is 329. The van der Waals surface area contributed by atoms with E-state index in [9.17, 15) is 0 Å². The number of rotatable bonds is 4. The van der Waals surface area contributed by atoms with Crippen LogP contribution in [-0.2, 0) is 0 Å². The fraction of sp³-hybridized carbons (Fsp3) is 0.533. The molecule has 1 fully saturated rings. The van der Waals surface area contributed by atoms with E-state index < -0.39 is 0 Å². The van der Waals surface area contributed by atoms with Gasteiger partial charge in [0.15, 0.2) is 0 Å². The van der Waals surface area contributed by atoms with Gasteiger partial charge in [-0.2, -0.15) is 0 Å². The molecular weight excluding hydrogens is 194 g/mol. The monoisotopic (exact) mass is 215 g/mol. The first-order chi connectivity index (χ1) is 7.88. The van der Waals surface area contributed by atoms with E-state index >= 15 is 0 Å². The summed E-state index contributed by atoms with van der Waals surface area (Å²) in [6.45, 7) is 2.28. The predicted octanol–water partition coefficient (Wildman–Crippen LogP) is 4.07. The number of hydrogen-bond acceptors (Lipinski definition) is 1. The summed E-state index contributed by atoms with van der Waals surface area (Å²) in [6, 6.07) is 11.0. The van der Waals surface area contributed by atoms with Crippen LogP contribution in [0.2, 0.25) is 0 Å². The third kappa shape index (κ3) is 3.19. The van der Waals surface area contributed by atoms with Gasteiger partial charge in [0, 0.05) is 6.21 Å². The Labute approximate surface area is 98.6 Å². The second-order valence-electron chi connectivity index (χ2n) is 4.81. The van der Waals surface area contributed by atoms with Crippen molar-refractivity contribution in [2.75, 3.05) is 0 Å². The summed E-state index contributed by atoms with van der Waals surface area (Å²) in [7, 11) is 0. The highest BCUT2D eigenvalue weighted by Gasteiger charge is 2.22. The molecule has 1 saturated carbocycles. The second-order valence-corrected chi connectivity index (χ2v) is 4.81. The van der Waals surface area contributed by atoms with Crippen molar-refractivity contribution in [3.63, 3.8) is 0 Å². The summed E-state index contributed by atoms with van der Waals surface area (Å²) < 4.78 is 0. The minimum Gasteiger partial charge on any atom is -0.289 e. The summed E-state index contributed by atoms with van der Waals surface area (Å²) >= 11 is 0. The van der Waals surface area contributed by atoms with E-state index in [1.165, 1.54) is 37.7 Å². The Balaban J connectivity index is 1.85. The Kier molecular flexibility index (Phi) is 4.15. The third-order valence-corrected chi connectivity index (χ3v) is 3.44. The molecule has 2 rings (SSSR count). The highest BCUT2D eigenvalue weighted by Crippen LogP contribution is 2.30. The van der Waals surface area contributed by atoms with Crippen molar-refractivity contribution in [2.24, 2.45) is 10.9 Å². The first-order valence-electron chi connectivity index (χ1n) is 6.46. The molecule has 1 aromatic carbocycles. The molecule has 0 bridgehead atoms. The molecule has 2 atom stereocenters. The van der Waals surface area contributed by atoms with Crippen LogP contribution < -0.4 is 0 Å². The normalized spacial score (nSPS) is 25.3. The van der Waals surface area contributed by atoms with Crippen LogP contribution in [0.1, 0.15) is 44.6 Å². The maximum atomic E-state index is 4.70. The molecule has 0 spiro atoms. The molecule has 1 aromatic rings. The molecule has 1 aliphatic rings. The van der Waals surface area contributed by atoms with Crippen LogP contribution in [0.4, 0.5) is 0 Å². The van der Waals surface area contributed by atoms with Crippen molar-refractivity contribution in [2.45, 2.75) is 45.1 Å². The largest absolute Gasteiger partial charge is 0.289 e. The molecule has 0 saturated heterocycles. The topological polar surface area (TPSA) is 12.4 Å². The molecule has 0 radical (unpaired) electrons. The van der Waals surface area contributed by atoms with Crippen LogP contribution in [0.15, 0.2) is 35.3 Å². The Morgan fingerprint density at radius 2 is 2.06 bits per heavy atom. The van der Waals surface area contributed by atoms with Crippen LogP contribution in [0.5, 0.6) is 0 Å². The van der Waals surface area contributed by atoms with Gasteiger partial charge in [0.1, 0.15) is 0 Å². The first kappa shape index (κ1) is 11.4. The molecular formula is C15H21N. The smallest absolute Gasteiger partial charge is 0.0502 e. The van der Waals surface area contributed by atoms with E-state index in [2.05, 4.69) is 31.2 Å². The van der Waals surface area contributed by atoms with Gasteiger partial charge in [-0.25, -0.2) is 0 Å². The van der Waals surface area contributed by atoms with Gasteiger partial charge in [0.2, 0.25) is 0 Å². The minimum atomic E-state index is 0.580. The van der Waals surface area contributed by atoms with Crippen LogP contribution in [0.25, 0.3) is 0 Å². The SMILES string of the molecule is CCCC1CCC(N=Cc2ccccc2)C1. The van der Waals surface area contributed by atoms with Crippen LogP contribution in [-0.4, -0.2) is 12.3 Å². The average Bonchev–Trinajstić information content (AvgIpc) is 2.76. The third-order valence-electron chi connectivity index (χ3n) is 3.44. The molecule has 0 aromatic heterocycles. The van der Waals surface area contributed by atoms with E-state index in [0.29, 0.717) is 6.04 Å². The lowest BCUT2D eigenvalue weighted by Gasteiger charge is -2.06.